The van der Waals surface area contributed by atoms with E-state index in [4.69, 9.17) is 10.5 Å². The van der Waals surface area contributed by atoms with Gasteiger partial charge in [-0.2, -0.15) is 0 Å². The lowest BCUT2D eigenvalue weighted by atomic mass is 10.0. The van der Waals surface area contributed by atoms with E-state index in [1.54, 1.807) is 24.3 Å². The normalized spacial score (nSPS) is 12.2. The number of anilines is 1. The van der Waals surface area contributed by atoms with Gasteiger partial charge in [0.1, 0.15) is 18.7 Å². The molecule has 2 atom stereocenters. The molecule has 0 saturated carbocycles. The number of hydrogen-bond acceptors (Lipinski definition) is 6. The molecule has 2 unspecified atom stereocenters. The molecular formula is C26H34N4O5. The molecule has 0 radical (unpaired) electrons. The average molecular weight is 483 g/mol. The smallest absolute Gasteiger partial charge is 0.302 e. The Kier molecular flexibility index (Phi) is 11.4. The molecular weight excluding hydrogens is 448 g/mol. The van der Waals surface area contributed by atoms with Gasteiger partial charge in [0.15, 0.2) is 0 Å². The van der Waals surface area contributed by atoms with Crippen molar-refractivity contribution in [1.29, 1.82) is 0 Å². The predicted octanol–water partition coefficient (Wildman–Crippen LogP) is 2.05. The Morgan fingerprint density at radius 1 is 0.829 bits per heavy atom. The molecule has 2 aromatic rings. The second kappa shape index (κ2) is 14.5. The second-order valence-electron chi connectivity index (χ2n) is 8.25. The fourth-order valence-electron chi connectivity index (χ4n) is 3.44. The SMILES string of the molecule is CC(=O)NC(Cc1ccccc1)C(=O)NC(CCCCN)C(=O)Nc1ccc(COC(C)=O)cc1. The zero-order valence-corrected chi connectivity index (χ0v) is 20.2. The van der Waals surface area contributed by atoms with Gasteiger partial charge in [-0.15, -0.1) is 0 Å². The van der Waals surface area contributed by atoms with Gasteiger partial charge in [0.2, 0.25) is 17.7 Å². The van der Waals surface area contributed by atoms with E-state index < -0.39 is 18.0 Å². The number of hydrogen-bond donors (Lipinski definition) is 4. The van der Waals surface area contributed by atoms with E-state index in [0.29, 0.717) is 37.9 Å². The number of benzene rings is 2. The van der Waals surface area contributed by atoms with E-state index in [1.165, 1.54) is 13.8 Å². The highest BCUT2D eigenvalue weighted by molar-refractivity contribution is 5.98. The van der Waals surface area contributed by atoms with Crippen molar-refractivity contribution in [3.05, 3.63) is 65.7 Å². The fourth-order valence-corrected chi connectivity index (χ4v) is 3.44. The highest BCUT2D eigenvalue weighted by atomic mass is 16.5. The predicted molar refractivity (Wildman–Crippen MR) is 133 cm³/mol. The summed E-state index contributed by atoms with van der Waals surface area (Å²) < 4.78 is 4.96. The molecule has 2 rings (SSSR count). The first-order valence-corrected chi connectivity index (χ1v) is 11.6. The summed E-state index contributed by atoms with van der Waals surface area (Å²) in [6.45, 7) is 3.31. The lowest BCUT2D eigenvalue weighted by Gasteiger charge is -2.23. The summed E-state index contributed by atoms with van der Waals surface area (Å²) in [6, 6.07) is 14.6. The van der Waals surface area contributed by atoms with Crippen molar-refractivity contribution >= 4 is 29.4 Å². The minimum atomic E-state index is -0.819. The average Bonchev–Trinajstić information content (AvgIpc) is 2.83. The first-order chi connectivity index (χ1) is 16.8. The maximum Gasteiger partial charge on any atom is 0.302 e. The van der Waals surface area contributed by atoms with Gasteiger partial charge < -0.3 is 26.4 Å². The van der Waals surface area contributed by atoms with Gasteiger partial charge >= 0.3 is 5.97 Å². The molecule has 2 aromatic carbocycles. The summed E-state index contributed by atoms with van der Waals surface area (Å²) in [5.74, 6) is -1.51. The Morgan fingerprint density at radius 3 is 2.11 bits per heavy atom. The van der Waals surface area contributed by atoms with Crippen LogP contribution in [0.4, 0.5) is 5.69 Å². The van der Waals surface area contributed by atoms with Crippen LogP contribution in [0, 0.1) is 0 Å². The Bertz CT molecular complexity index is 979. The van der Waals surface area contributed by atoms with Crippen molar-refractivity contribution in [1.82, 2.24) is 10.6 Å². The van der Waals surface area contributed by atoms with E-state index >= 15 is 0 Å². The van der Waals surface area contributed by atoms with Gasteiger partial charge in [0, 0.05) is 26.0 Å². The number of nitrogens with two attached hydrogens (primary N) is 1. The van der Waals surface area contributed by atoms with Crippen molar-refractivity contribution in [2.75, 3.05) is 11.9 Å². The number of ether oxygens (including phenoxy) is 1. The number of nitrogens with one attached hydrogen (secondary N) is 3. The Hall–Kier alpha value is -3.72. The fraction of sp³-hybridized carbons (Fsp3) is 0.385. The van der Waals surface area contributed by atoms with Crippen LogP contribution in [0.5, 0.6) is 0 Å². The number of carbonyl (C=O) groups is 4. The third kappa shape index (κ3) is 10.4. The van der Waals surface area contributed by atoms with E-state index in [1.807, 2.05) is 30.3 Å². The Morgan fingerprint density at radius 2 is 1.51 bits per heavy atom. The Balaban J connectivity index is 2.08. The van der Waals surface area contributed by atoms with Gasteiger partial charge in [0.25, 0.3) is 0 Å². The number of esters is 1. The summed E-state index contributed by atoms with van der Waals surface area (Å²) in [4.78, 5) is 48.8. The number of carbonyl (C=O) groups excluding carboxylic acids is 4. The summed E-state index contributed by atoms with van der Waals surface area (Å²) >= 11 is 0. The van der Waals surface area contributed by atoms with Crippen LogP contribution in [-0.4, -0.2) is 42.3 Å². The first kappa shape index (κ1) is 27.5. The summed E-state index contributed by atoms with van der Waals surface area (Å²) in [5, 5.41) is 8.29. The minimum Gasteiger partial charge on any atom is -0.461 e. The van der Waals surface area contributed by atoms with Crippen molar-refractivity contribution in [2.45, 2.75) is 58.2 Å². The summed E-state index contributed by atoms with van der Waals surface area (Å²) in [5.41, 5.74) is 7.81. The lowest BCUT2D eigenvalue weighted by molar-refractivity contribution is -0.142. The molecule has 5 N–H and O–H groups in total. The van der Waals surface area contributed by atoms with E-state index in [2.05, 4.69) is 16.0 Å². The van der Waals surface area contributed by atoms with Crippen LogP contribution >= 0.6 is 0 Å². The third-order valence-corrected chi connectivity index (χ3v) is 5.22. The van der Waals surface area contributed by atoms with Gasteiger partial charge in [-0.25, -0.2) is 0 Å². The molecule has 0 spiro atoms. The largest absolute Gasteiger partial charge is 0.461 e. The maximum atomic E-state index is 13.1. The summed E-state index contributed by atoms with van der Waals surface area (Å²) in [7, 11) is 0. The maximum absolute atomic E-state index is 13.1. The monoisotopic (exact) mass is 482 g/mol. The molecule has 3 amide bonds. The molecule has 0 bridgehead atoms. The zero-order valence-electron chi connectivity index (χ0n) is 20.2. The molecule has 0 saturated heterocycles. The van der Waals surface area contributed by atoms with E-state index in [9.17, 15) is 19.2 Å². The molecule has 0 aromatic heterocycles. The lowest BCUT2D eigenvalue weighted by Crippen LogP contribution is -2.53. The van der Waals surface area contributed by atoms with Crippen LogP contribution in [0.3, 0.4) is 0 Å². The van der Waals surface area contributed by atoms with Crippen LogP contribution in [0.2, 0.25) is 0 Å². The Labute approximate surface area is 205 Å². The topological polar surface area (TPSA) is 140 Å². The van der Waals surface area contributed by atoms with Gasteiger partial charge in [-0.05, 0) is 49.1 Å². The first-order valence-electron chi connectivity index (χ1n) is 11.6. The van der Waals surface area contributed by atoms with E-state index in [-0.39, 0.29) is 24.4 Å². The van der Waals surface area contributed by atoms with Crippen LogP contribution in [0.1, 0.15) is 44.2 Å². The quantitative estimate of drug-likeness (QED) is 0.254. The van der Waals surface area contributed by atoms with Crippen molar-refractivity contribution in [2.24, 2.45) is 5.73 Å². The molecule has 9 nitrogen and oxygen atoms in total. The second-order valence-corrected chi connectivity index (χ2v) is 8.25. The van der Waals surface area contributed by atoms with Gasteiger partial charge in [0.05, 0.1) is 0 Å². The van der Waals surface area contributed by atoms with Gasteiger partial charge in [-0.1, -0.05) is 42.5 Å². The zero-order chi connectivity index (χ0) is 25.6. The molecule has 0 fully saturated rings. The molecule has 188 valence electrons. The minimum absolute atomic E-state index is 0.146. The van der Waals surface area contributed by atoms with Crippen molar-refractivity contribution in [3.63, 3.8) is 0 Å². The molecule has 0 aliphatic rings. The molecule has 0 heterocycles. The molecule has 0 aliphatic heterocycles. The van der Waals surface area contributed by atoms with Crippen LogP contribution in [0.15, 0.2) is 54.6 Å². The third-order valence-electron chi connectivity index (χ3n) is 5.22. The van der Waals surface area contributed by atoms with Crippen LogP contribution < -0.4 is 21.7 Å². The van der Waals surface area contributed by atoms with Crippen molar-refractivity contribution in [3.8, 4) is 0 Å². The molecule has 9 heteroatoms. The highest BCUT2D eigenvalue weighted by Crippen LogP contribution is 2.13. The number of amides is 3. The van der Waals surface area contributed by atoms with Gasteiger partial charge in [-0.3, -0.25) is 19.2 Å². The summed E-state index contributed by atoms with van der Waals surface area (Å²) in [6.07, 6.45) is 2.06. The highest BCUT2D eigenvalue weighted by Gasteiger charge is 2.26. The van der Waals surface area contributed by atoms with Crippen molar-refractivity contribution < 1.29 is 23.9 Å². The number of unbranched alkanes of at least 4 members (excludes halogenated alkanes) is 1. The van der Waals surface area contributed by atoms with Crippen LogP contribution in [0.25, 0.3) is 0 Å². The van der Waals surface area contributed by atoms with E-state index in [0.717, 1.165) is 11.1 Å². The molecule has 35 heavy (non-hydrogen) atoms. The number of rotatable bonds is 13. The van der Waals surface area contributed by atoms with Crippen LogP contribution in [-0.2, 0) is 36.9 Å². The standard InChI is InChI=1S/C26H34N4O5/c1-18(31)28-24(16-20-8-4-3-5-9-20)26(34)30-23(10-6-7-15-27)25(33)29-22-13-11-21(12-14-22)17-35-19(2)32/h3-5,8-9,11-14,23-24H,6-7,10,15-17,27H2,1-2H3,(H,28,31)(H,29,33)(H,30,34). The molecule has 0 aliphatic carbocycles.